The molecule has 0 atom stereocenters. The molecule has 1 aliphatic heterocycles. The third kappa shape index (κ3) is 3.54. The standard InChI is InChI=1S/C12H18N4O3/c1-18-9-7-10(19-2)15-12(14-9)16-11(17)8-3-5-13-6-4-8/h7-8,13H,3-6H2,1-2H3,(H,14,15,16,17). The van der Waals surface area contributed by atoms with Gasteiger partial charge in [-0.15, -0.1) is 0 Å². The van der Waals surface area contributed by atoms with Gasteiger partial charge in [0.2, 0.25) is 23.6 Å². The van der Waals surface area contributed by atoms with E-state index in [9.17, 15) is 4.79 Å². The van der Waals surface area contributed by atoms with Gasteiger partial charge in [0.25, 0.3) is 0 Å². The lowest BCUT2D eigenvalue weighted by Gasteiger charge is -2.21. The molecule has 2 N–H and O–H groups in total. The molecule has 0 unspecified atom stereocenters. The van der Waals surface area contributed by atoms with Gasteiger partial charge in [-0.3, -0.25) is 10.1 Å². The summed E-state index contributed by atoms with van der Waals surface area (Å²) in [5.74, 6) is 0.860. The summed E-state index contributed by atoms with van der Waals surface area (Å²) in [6.45, 7) is 1.72. The molecular formula is C12H18N4O3. The molecule has 1 aromatic heterocycles. The molecule has 104 valence electrons. The fourth-order valence-corrected chi connectivity index (χ4v) is 1.97. The number of carbonyl (C=O) groups excluding carboxylic acids is 1. The predicted octanol–water partition coefficient (Wildman–Crippen LogP) is 0.432. The molecule has 1 fully saturated rings. The Morgan fingerprint density at radius 3 is 2.37 bits per heavy atom. The van der Waals surface area contributed by atoms with Crippen LogP contribution in [0.25, 0.3) is 0 Å². The van der Waals surface area contributed by atoms with Crippen LogP contribution >= 0.6 is 0 Å². The first-order valence-electron chi connectivity index (χ1n) is 6.21. The second kappa shape index (κ2) is 6.33. The van der Waals surface area contributed by atoms with Crippen molar-refractivity contribution in [2.24, 2.45) is 5.92 Å². The molecule has 0 saturated carbocycles. The Hall–Kier alpha value is -1.89. The van der Waals surface area contributed by atoms with Gasteiger partial charge in [-0.05, 0) is 25.9 Å². The summed E-state index contributed by atoms with van der Waals surface area (Å²) < 4.78 is 10.1. The lowest BCUT2D eigenvalue weighted by atomic mass is 9.97. The maximum absolute atomic E-state index is 12.1. The van der Waals surface area contributed by atoms with Crippen LogP contribution in [0.2, 0.25) is 0 Å². The second-order valence-electron chi connectivity index (χ2n) is 4.29. The van der Waals surface area contributed by atoms with E-state index in [0.717, 1.165) is 25.9 Å². The third-order valence-corrected chi connectivity index (χ3v) is 3.04. The number of carbonyl (C=O) groups is 1. The number of methoxy groups -OCH3 is 2. The van der Waals surface area contributed by atoms with Crippen molar-refractivity contribution in [3.63, 3.8) is 0 Å². The first-order valence-corrected chi connectivity index (χ1v) is 6.21. The number of aromatic nitrogens is 2. The molecule has 19 heavy (non-hydrogen) atoms. The van der Waals surface area contributed by atoms with Crippen molar-refractivity contribution in [2.75, 3.05) is 32.6 Å². The van der Waals surface area contributed by atoms with Gasteiger partial charge in [0.05, 0.1) is 20.3 Å². The van der Waals surface area contributed by atoms with Gasteiger partial charge in [0.15, 0.2) is 0 Å². The number of amides is 1. The number of rotatable bonds is 4. The first kappa shape index (κ1) is 13.5. The molecule has 1 saturated heterocycles. The lowest BCUT2D eigenvalue weighted by molar-refractivity contribution is -0.120. The molecule has 7 heteroatoms. The van der Waals surface area contributed by atoms with E-state index < -0.39 is 0 Å². The van der Waals surface area contributed by atoms with Crippen molar-refractivity contribution in [1.29, 1.82) is 0 Å². The van der Waals surface area contributed by atoms with E-state index in [1.165, 1.54) is 14.2 Å². The number of hydrogen-bond acceptors (Lipinski definition) is 6. The molecule has 1 amide bonds. The van der Waals surface area contributed by atoms with E-state index in [4.69, 9.17) is 9.47 Å². The molecule has 2 rings (SSSR count). The Bertz CT molecular complexity index is 424. The fraction of sp³-hybridized carbons (Fsp3) is 0.583. The van der Waals surface area contributed by atoms with Crippen molar-refractivity contribution in [1.82, 2.24) is 15.3 Å². The highest BCUT2D eigenvalue weighted by atomic mass is 16.5. The largest absolute Gasteiger partial charge is 0.481 e. The van der Waals surface area contributed by atoms with Crippen LogP contribution in [0.4, 0.5) is 5.95 Å². The van der Waals surface area contributed by atoms with E-state index in [1.54, 1.807) is 6.07 Å². The normalized spacial score (nSPS) is 15.9. The summed E-state index contributed by atoms with van der Waals surface area (Å²) in [5, 5.41) is 5.93. The van der Waals surface area contributed by atoms with Gasteiger partial charge in [0.1, 0.15) is 0 Å². The van der Waals surface area contributed by atoms with E-state index in [1.807, 2.05) is 0 Å². The van der Waals surface area contributed by atoms with Crippen LogP contribution in [0.3, 0.4) is 0 Å². The molecular weight excluding hydrogens is 248 g/mol. The molecule has 7 nitrogen and oxygen atoms in total. The topological polar surface area (TPSA) is 85.4 Å². The minimum Gasteiger partial charge on any atom is -0.481 e. The SMILES string of the molecule is COc1cc(OC)nc(NC(=O)C2CCNCC2)n1. The minimum absolute atomic E-state index is 0.00189. The average molecular weight is 266 g/mol. The smallest absolute Gasteiger partial charge is 0.236 e. The van der Waals surface area contributed by atoms with Gasteiger partial charge in [-0.25, -0.2) is 0 Å². The molecule has 1 aliphatic rings. The van der Waals surface area contributed by atoms with Crippen LogP contribution in [0.5, 0.6) is 11.8 Å². The Labute approximate surface area is 111 Å². The van der Waals surface area contributed by atoms with E-state index >= 15 is 0 Å². The number of hydrogen-bond donors (Lipinski definition) is 2. The minimum atomic E-state index is -0.0585. The Balaban J connectivity index is 2.06. The summed E-state index contributed by atoms with van der Waals surface area (Å²) in [6, 6.07) is 1.56. The van der Waals surface area contributed by atoms with Gasteiger partial charge < -0.3 is 14.8 Å². The number of ether oxygens (including phenoxy) is 2. The summed E-state index contributed by atoms with van der Waals surface area (Å²) in [7, 11) is 3.00. The Kier molecular flexibility index (Phi) is 4.51. The Morgan fingerprint density at radius 1 is 1.26 bits per heavy atom. The third-order valence-electron chi connectivity index (χ3n) is 3.04. The number of piperidine rings is 1. The van der Waals surface area contributed by atoms with E-state index in [0.29, 0.717) is 11.8 Å². The second-order valence-corrected chi connectivity index (χ2v) is 4.29. The summed E-state index contributed by atoms with van der Waals surface area (Å²) >= 11 is 0. The number of anilines is 1. The lowest BCUT2D eigenvalue weighted by Crippen LogP contribution is -2.35. The quantitative estimate of drug-likeness (QED) is 0.822. The molecule has 0 aliphatic carbocycles. The summed E-state index contributed by atoms with van der Waals surface area (Å²) in [5.41, 5.74) is 0. The molecule has 0 aromatic carbocycles. The van der Waals surface area contributed by atoms with Crippen LogP contribution in [-0.2, 0) is 4.79 Å². The molecule has 0 bridgehead atoms. The monoisotopic (exact) mass is 266 g/mol. The molecule has 2 heterocycles. The fourth-order valence-electron chi connectivity index (χ4n) is 1.97. The highest BCUT2D eigenvalue weighted by Crippen LogP contribution is 2.19. The van der Waals surface area contributed by atoms with Crippen molar-refractivity contribution >= 4 is 11.9 Å². The van der Waals surface area contributed by atoms with Crippen LogP contribution < -0.4 is 20.1 Å². The van der Waals surface area contributed by atoms with Gasteiger partial charge in [-0.2, -0.15) is 9.97 Å². The van der Waals surface area contributed by atoms with Gasteiger partial charge in [0, 0.05) is 5.92 Å². The molecule has 0 radical (unpaired) electrons. The van der Waals surface area contributed by atoms with Gasteiger partial charge >= 0.3 is 0 Å². The number of nitrogens with one attached hydrogen (secondary N) is 2. The van der Waals surface area contributed by atoms with Crippen molar-refractivity contribution in [3.8, 4) is 11.8 Å². The average Bonchev–Trinajstić information content (AvgIpc) is 2.47. The van der Waals surface area contributed by atoms with Crippen LogP contribution in [-0.4, -0.2) is 43.2 Å². The zero-order chi connectivity index (χ0) is 13.7. The maximum Gasteiger partial charge on any atom is 0.236 e. The van der Waals surface area contributed by atoms with E-state index in [-0.39, 0.29) is 17.8 Å². The van der Waals surface area contributed by atoms with Crippen LogP contribution in [0, 0.1) is 5.92 Å². The van der Waals surface area contributed by atoms with Gasteiger partial charge in [-0.1, -0.05) is 0 Å². The van der Waals surface area contributed by atoms with Crippen LogP contribution in [0.15, 0.2) is 6.07 Å². The first-order chi connectivity index (χ1) is 9.22. The van der Waals surface area contributed by atoms with Crippen molar-refractivity contribution in [2.45, 2.75) is 12.8 Å². The maximum atomic E-state index is 12.1. The molecule has 0 spiro atoms. The Morgan fingerprint density at radius 2 is 1.84 bits per heavy atom. The van der Waals surface area contributed by atoms with Crippen molar-refractivity contribution in [3.05, 3.63) is 6.07 Å². The summed E-state index contributed by atoms with van der Waals surface area (Å²) in [6.07, 6.45) is 1.65. The zero-order valence-electron chi connectivity index (χ0n) is 11.1. The summed E-state index contributed by atoms with van der Waals surface area (Å²) in [4.78, 5) is 20.2. The van der Waals surface area contributed by atoms with E-state index in [2.05, 4.69) is 20.6 Å². The highest BCUT2D eigenvalue weighted by Gasteiger charge is 2.22. The van der Waals surface area contributed by atoms with Crippen molar-refractivity contribution < 1.29 is 14.3 Å². The zero-order valence-corrected chi connectivity index (χ0v) is 11.1. The molecule has 1 aromatic rings. The highest BCUT2D eigenvalue weighted by molar-refractivity contribution is 5.91. The number of nitrogens with zero attached hydrogens (tertiary/aromatic N) is 2. The van der Waals surface area contributed by atoms with Crippen LogP contribution in [0.1, 0.15) is 12.8 Å². The predicted molar refractivity (Wildman–Crippen MR) is 69.4 cm³/mol.